The van der Waals surface area contributed by atoms with E-state index >= 15 is 0 Å². The summed E-state index contributed by atoms with van der Waals surface area (Å²) in [6.45, 7) is 0.229. The van der Waals surface area contributed by atoms with Gasteiger partial charge in [0.2, 0.25) is 0 Å². The molecule has 0 atom stereocenters. The number of carboxylic acids is 1. The van der Waals surface area contributed by atoms with Crippen LogP contribution in [0.5, 0.6) is 0 Å². The van der Waals surface area contributed by atoms with Crippen molar-refractivity contribution in [3.05, 3.63) is 81.4 Å². The maximum absolute atomic E-state index is 12.9. The molecular weight excluding hydrogens is 476 g/mol. The Morgan fingerprint density at radius 1 is 1.18 bits per heavy atom. The first-order valence-electron chi connectivity index (χ1n) is 10.2. The van der Waals surface area contributed by atoms with E-state index in [9.17, 15) is 19.7 Å². The predicted octanol–water partition coefficient (Wildman–Crippen LogP) is 4.51. The van der Waals surface area contributed by atoms with Crippen LogP contribution >= 0.6 is 24.0 Å². The van der Waals surface area contributed by atoms with Crippen molar-refractivity contribution < 1.29 is 19.6 Å². The number of amides is 1. The Morgan fingerprint density at radius 2 is 1.88 bits per heavy atom. The Hall–Kier alpha value is -3.83. The Kier molecular flexibility index (Phi) is 6.85. The molecule has 0 bridgehead atoms. The molecule has 172 valence electrons. The van der Waals surface area contributed by atoms with Crippen molar-refractivity contribution in [3.63, 3.8) is 0 Å². The van der Waals surface area contributed by atoms with Crippen LogP contribution in [-0.2, 0) is 9.59 Å². The number of para-hydroxylation sites is 1. The molecule has 2 aromatic carbocycles. The molecule has 1 amide bonds. The number of benzene rings is 2. The number of carbonyl (C=O) groups excluding carboxylic acids is 1. The molecular formula is C23H18N4O5S2. The molecule has 34 heavy (non-hydrogen) atoms. The van der Waals surface area contributed by atoms with Gasteiger partial charge in [-0.1, -0.05) is 42.2 Å². The zero-order valence-electron chi connectivity index (χ0n) is 17.7. The van der Waals surface area contributed by atoms with Gasteiger partial charge >= 0.3 is 5.97 Å². The normalized spacial score (nSPS) is 14.7. The SMILES string of the molecule is O=C(O)CCCN1C(=O)C(=Cc2cn(-c3ccccc3)nc2-c2ccc([N+](=O)[O-])cc2)SC1=S. The molecule has 0 unspecified atom stereocenters. The number of thiocarbonyl (C=S) groups is 1. The van der Waals surface area contributed by atoms with E-state index in [1.54, 1.807) is 29.1 Å². The zero-order chi connectivity index (χ0) is 24.2. The third kappa shape index (κ3) is 5.05. The first-order valence-corrected chi connectivity index (χ1v) is 11.4. The third-order valence-corrected chi connectivity index (χ3v) is 6.43. The minimum Gasteiger partial charge on any atom is -0.481 e. The van der Waals surface area contributed by atoms with Crippen LogP contribution in [0.25, 0.3) is 23.0 Å². The second-order valence-corrected chi connectivity index (χ2v) is 9.02. The highest BCUT2D eigenvalue weighted by atomic mass is 32.2. The molecule has 9 nitrogen and oxygen atoms in total. The van der Waals surface area contributed by atoms with Crippen molar-refractivity contribution in [2.24, 2.45) is 0 Å². The molecule has 11 heteroatoms. The fourth-order valence-corrected chi connectivity index (χ4v) is 4.69. The van der Waals surface area contributed by atoms with Crippen molar-refractivity contribution in [3.8, 4) is 16.9 Å². The standard InChI is InChI=1S/C23H18N4O5S2/c28-20(29)7-4-12-25-22(30)19(34-23(25)33)13-16-14-26(17-5-2-1-3-6-17)24-21(16)15-8-10-18(11-9-15)27(31)32/h1-3,5-6,8-11,13-14H,4,7,12H2,(H,28,29). The average Bonchev–Trinajstić information content (AvgIpc) is 3.36. The van der Waals surface area contributed by atoms with Crippen LogP contribution in [-0.4, -0.2) is 47.5 Å². The van der Waals surface area contributed by atoms with Gasteiger partial charge in [-0.25, -0.2) is 4.68 Å². The van der Waals surface area contributed by atoms with Gasteiger partial charge in [-0.15, -0.1) is 0 Å². The van der Waals surface area contributed by atoms with Crippen molar-refractivity contribution >= 4 is 51.9 Å². The summed E-state index contributed by atoms with van der Waals surface area (Å²) >= 11 is 6.48. The lowest BCUT2D eigenvalue weighted by molar-refractivity contribution is -0.384. The fourth-order valence-electron chi connectivity index (χ4n) is 3.39. The van der Waals surface area contributed by atoms with Gasteiger partial charge in [0.15, 0.2) is 0 Å². The summed E-state index contributed by atoms with van der Waals surface area (Å²) in [5.41, 5.74) is 2.63. The molecule has 4 rings (SSSR count). The van der Waals surface area contributed by atoms with Crippen LogP contribution in [0.4, 0.5) is 5.69 Å². The fraction of sp³-hybridized carbons (Fsp3) is 0.130. The van der Waals surface area contributed by atoms with Gasteiger partial charge < -0.3 is 5.11 Å². The number of nitro benzene ring substituents is 1. The van der Waals surface area contributed by atoms with Gasteiger partial charge in [0, 0.05) is 42.4 Å². The second kappa shape index (κ2) is 9.98. The van der Waals surface area contributed by atoms with E-state index in [2.05, 4.69) is 5.10 Å². The number of aromatic nitrogens is 2. The van der Waals surface area contributed by atoms with E-state index in [1.807, 2.05) is 30.3 Å². The molecule has 1 aliphatic rings. The Balaban J connectivity index is 1.70. The summed E-state index contributed by atoms with van der Waals surface area (Å²) < 4.78 is 2.05. The Bertz CT molecular complexity index is 1300. The first-order chi connectivity index (χ1) is 16.3. The van der Waals surface area contributed by atoms with E-state index < -0.39 is 10.9 Å². The highest BCUT2D eigenvalue weighted by molar-refractivity contribution is 8.26. The van der Waals surface area contributed by atoms with Crippen molar-refractivity contribution in [1.29, 1.82) is 0 Å². The van der Waals surface area contributed by atoms with Gasteiger partial charge in [0.25, 0.3) is 11.6 Å². The first kappa shape index (κ1) is 23.3. The maximum Gasteiger partial charge on any atom is 0.303 e. The van der Waals surface area contributed by atoms with Gasteiger partial charge in [-0.05, 0) is 36.8 Å². The molecule has 3 aromatic rings. The monoisotopic (exact) mass is 494 g/mol. The van der Waals surface area contributed by atoms with Crippen LogP contribution in [0.15, 0.2) is 65.7 Å². The summed E-state index contributed by atoms with van der Waals surface area (Å²) in [6.07, 6.45) is 3.72. The van der Waals surface area contributed by atoms with Crippen LogP contribution < -0.4 is 0 Å². The number of aliphatic carboxylic acids is 1. The number of rotatable bonds is 8. The molecule has 0 saturated carbocycles. The smallest absolute Gasteiger partial charge is 0.303 e. The van der Waals surface area contributed by atoms with E-state index in [1.165, 1.54) is 17.0 Å². The molecule has 1 N–H and O–H groups in total. The zero-order valence-corrected chi connectivity index (χ0v) is 19.3. The van der Waals surface area contributed by atoms with Gasteiger partial charge in [-0.2, -0.15) is 5.10 Å². The van der Waals surface area contributed by atoms with Gasteiger partial charge in [-0.3, -0.25) is 24.6 Å². The second-order valence-electron chi connectivity index (χ2n) is 7.35. The van der Waals surface area contributed by atoms with Crippen LogP contribution in [0.3, 0.4) is 0 Å². The number of hydrogen-bond acceptors (Lipinski definition) is 7. The van der Waals surface area contributed by atoms with Crippen molar-refractivity contribution in [2.45, 2.75) is 12.8 Å². The summed E-state index contributed by atoms with van der Waals surface area (Å²) in [5.74, 6) is -1.22. The molecule has 0 aliphatic carbocycles. The summed E-state index contributed by atoms with van der Waals surface area (Å²) in [7, 11) is 0. The van der Waals surface area contributed by atoms with Gasteiger partial charge in [0.1, 0.15) is 4.32 Å². The van der Waals surface area contributed by atoms with Crippen LogP contribution in [0, 0.1) is 10.1 Å². The highest BCUT2D eigenvalue weighted by Gasteiger charge is 2.32. The quantitative estimate of drug-likeness (QED) is 0.210. The number of thioether (sulfide) groups is 1. The number of nitrogens with zero attached hydrogens (tertiary/aromatic N) is 4. The minimum absolute atomic E-state index is 0.0324. The Morgan fingerprint density at radius 3 is 2.53 bits per heavy atom. The summed E-state index contributed by atoms with van der Waals surface area (Å²) in [4.78, 5) is 36.1. The van der Waals surface area contributed by atoms with E-state index in [-0.39, 0.29) is 24.6 Å². The van der Waals surface area contributed by atoms with Gasteiger partial charge in [0.05, 0.1) is 21.2 Å². The number of hydrogen-bond donors (Lipinski definition) is 1. The maximum atomic E-state index is 12.9. The topological polar surface area (TPSA) is 119 Å². The third-order valence-electron chi connectivity index (χ3n) is 5.05. The molecule has 0 spiro atoms. The lowest BCUT2D eigenvalue weighted by atomic mass is 10.1. The summed E-state index contributed by atoms with van der Waals surface area (Å²) in [5, 5.41) is 24.6. The van der Waals surface area contributed by atoms with Crippen molar-refractivity contribution in [2.75, 3.05) is 6.54 Å². The van der Waals surface area contributed by atoms with Crippen LogP contribution in [0.1, 0.15) is 18.4 Å². The Labute approximate surface area is 203 Å². The molecule has 0 radical (unpaired) electrons. The van der Waals surface area contributed by atoms with E-state index in [0.717, 1.165) is 17.4 Å². The largest absolute Gasteiger partial charge is 0.481 e. The molecule has 2 heterocycles. The highest BCUT2D eigenvalue weighted by Crippen LogP contribution is 2.35. The van der Waals surface area contributed by atoms with Crippen molar-refractivity contribution in [1.82, 2.24) is 14.7 Å². The number of non-ortho nitro benzene ring substituents is 1. The number of carboxylic acid groups (broad SMARTS) is 1. The molecule has 1 fully saturated rings. The molecule has 1 aromatic heterocycles. The molecule has 1 aliphatic heterocycles. The summed E-state index contributed by atoms with van der Waals surface area (Å²) in [6, 6.07) is 15.5. The lowest BCUT2D eigenvalue weighted by Gasteiger charge is -2.13. The lowest BCUT2D eigenvalue weighted by Crippen LogP contribution is -2.29. The van der Waals surface area contributed by atoms with Crippen LogP contribution in [0.2, 0.25) is 0 Å². The van der Waals surface area contributed by atoms with E-state index in [0.29, 0.717) is 32.5 Å². The minimum atomic E-state index is -0.929. The molecule has 1 saturated heterocycles. The predicted molar refractivity (Wildman–Crippen MR) is 132 cm³/mol. The number of nitro groups is 1. The number of carbonyl (C=O) groups is 2. The average molecular weight is 495 g/mol. The van der Waals surface area contributed by atoms with E-state index in [4.69, 9.17) is 17.3 Å².